The van der Waals surface area contributed by atoms with E-state index >= 15 is 0 Å². The average Bonchev–Trinajstić information content (AvgIpc) is 3.08. The molecule has 0 atom stereocenters. The van der Waals surface area contributed by atoms with Gasteiger partial charge in [0.2, 0.25) is 5.91 Å². The van der Waals surface area contributed by atoms with Gasteiger partial charge in [-0.15, -0.1) is 21.5 Å². The van der Waals surface area contributed by atoms with E-state index in [0.29, 0.717) is 24.1 Å². The van der Waals surface area contributed by atoms with Crippen molar-refractivity contribution in [1.82, 2.24) is 20.1 Å². The maximum atomic E-state index is 11.9. The van der Waals surface area contributed by atoms with E-state index in [1.165, 1.54) is 28.0 Å². The van der Waals surface area contributed by atoms with Gasteiger partial charge in [0, 0.05) is 13.6 Å². The molecule has 0 radical (unpaired) electrons. The molecule has 2 heterocycles. The van der Waals surface area contributed by atoms with Crippen LogP contribution in [-0.2, 0) is 4.79 Å². The summed E-state index contributed by atoms with van der Waals surface area (Å²) in [5.41, 5.74) is 0.856. The van der Waals surface area contributed by atoms with Crippen molar-refractivity contribution >= 4 is 29.0 Å². The summed E-state index contributed by atoms with van der Waals surface area (Å²) >= 11 is 2.69. The lowest BCUT2D eigenvalue weighted by Gasteiger charge is -2.13. The monoisotopic (exact) mass is 337 g/mol. The van der Waals surface area contributed by atoms with Crippen LogP contribution in [0.15, 0.2) is 9.64 Å². The van der Waals surface area contributed by atoms with Gasteiger partial charge in [-0.25, -0.2) is 4.98 Å². The highest BCUT2D eigenvalue weighted by Gasteiger charge is 2.16. The normalized spacial score (nSPS) is 10.5. The Balaban J connectivity index is 1.94. The standard InChI is InChI=1S/C13H15N5O2S2/c1-8-11(22-9(2)15-8)12-16-17-13(20-12)21-7-10(19)18(3)6-4-5-14/h4,6-7H2,1-3H3. The van der Waals surface area contributed by atoms with Crippen molar-refractivity contribution < 1.29 is 9.21 Å². The molecule has 0 saturated heterocycles. The van der Waals surface area contributed by atoms with Gasteiger partial charge in [0.15, 0.2) is 0 Å². The van der Waals surface area contributed by atoms with Crippen molar-refractivity contribution in [3.05, 3.63) is 10.7 Å². The van der Waals surface area contributed by atoms with E-state index in [2.05, 4.69) is 15.2 Å². The molecule has 0 unspecified atom stereocenters. The van der Waals surface area contributed by atoms with Crippen LogP contribution in [0.3, 0.4) is 0 Å². The van der Waals surface area contributed by atoms with Crippen LogP contribution in [0, 0.1) is 25.2 Å². The molecule has 0 aromatic carbocycles. The van der Waals surface area contributed by atoms with E-state index in [4.69, 9.17) is 9.68 Å². The van der Waals surface area contributed by atoms with Crippen LogP contribution in [-0.4, -0.2) is 45.3 Å². The van der Waals surface area contributed by atoms with Crippen molar-refractivity contribution in [2.75, 3.05) is 19.3 Å². The second-order valence-corrected chi connectivity index (χ2v) is 6.66. The molecule has 0 fully saturated rings. The summed E-state index contributed by atoms with van der Waals surface area (Å²) in [5.74, 6) is 0.547. The van der Waals surface area contributed by atoms with E-state index in [9.17, 15) is 4.79 Å². The molecule has 0 aliphatic carbocycles. The SMILES string of the molecule is Cc1nc(C)c(-c2nnc(SCC(=O)N(C)CCC#N)o2)s1. The lowest BCUT2D eigenvalue weighted by atomic mass is 10.4. The van der Waals surface area contributed by atoms with Crippen LogP contribution in [0.2, 0.25) is 0 Å². The lowest BCUT2D eigenvalue weighted by molar-refractivity contribution is -0.127. The molecular weight excluding hydrogens is 322 g/mol. The summed E-state index contributed by atoms with van der Waals surface area (Å²) in [4.78, 5) is 18.5. The first kappa shape index (κ1) is 16.5. The zero-order valence-corrected chi connectivity index (χ0v) is 14.1. The number of rotatable bonds is 6. The molecule has 0 saturated carbocycles. The Kier molecular flexibility index (Phi) is 5.51. The molecule has 0 aliphatic rings. The van der Waals surface area contributed by atoms with Crippen molar-refractivity contribution in [1.29, 1.82) is 5.26 Å². The van der Waals surface area contributed by atoms with Crippen LogP contribution >= 0.6 is 23.1 Å². The molecule has 9 heteroatoms. The molecule has 0 bridgehead atoms. The fraction of sp³-hybridized carbons (Fsp3) is 0.462. The Hall–Kier alpha value is -1.92. The van der Waals surface area contributed by atoms with Gasteiger partial charge in [0.25, 0.3) is 11.1 Å². The number of nitrogens with zero attached hydrogens (tertiary/aromatic N) is 5. The van der Waals surface area contributed by atoms with Gasteiger partial charge >= 0.3 is 0 Å². The molecule has 2 rings (SSSR count). The summed E-state index contributed by atoms with van der Waals surface area (Å²) in [6.07, 6.45) is 0.321. The van der Waals surface area contributed by atoms with E-state index in [1.54, 1.807) is 7.05 Å². The molecule has 2 aromatic heterocycles. The zero-order chi connectivity index (χ0) is 16.1. The van der Waals surface area contributed by atoms with Gasteiger partial charge in [-0.05, 0) is 13.8 Å². The number of nitriles is 1. The van der Waals surface area contributed by atoms with Crippen molar-refractivity contribution in [3.63, 3.8) is 0 Å². The quantitative estimate of drug-likeness (QED) is 0.746. The molecule has 22 heavy (non-hydrogen) atoms. The molecule has 7 nitrogen and oxygen atoms in total. The fourth-order valence-electron chi connectivity index (χ4n) is 1.67. The topological polar surface area (TPSA) is 95.9 Å². The second kappa shape index (κ2) is 7.38. The summed E-state index contributed by atoms with van der Waals surface area (Å²) in [7, 11) is 1.67. The highest BCUT2D eigenvalue weighted by atomic mass is 32.2. The maximum Gasteiger partial charge on any atom is 0.277 e. The van der Waals surface area contributed by atoms with Gasteiger partial charge < -0.3 is 9.32 Å². The number of hydrogen-bond acceptors (Lipinski definition) is 8. The number of aryl methyl sites for hydroxylation is 2. The van der Waals surface area contributed by atoms with E-state index < -0.39 is 0 Å². The Morgan fingerprint density at radius 1 is 1.45 bits per heavy atom. The van der Waals surface area contributed by atoms with Gasteiger partial charge in [-0.2, -0.15) is 5.26 Å². The molecule has 2 aromatic rings. The minimum atomic E-state index is -0.0789. The highest BCUT2D eigenvalue weighted by molar-refractivity contribution is 7.99. The molecule has 0 aliphatic heterocycles. The van der Waals surface area contributed by atoms with Crippen LogP contribution in [0.1, 0.15) is 17.1 Å². The first-order valence-electron chi connectivity index (χ1n) is 6.53. The third-order valence-corrected chi connectivity index (χ3v) is 4.67. The third-order valence-electron chi connectivity index (χ3n) is 2.81. The number of thioether (sulfide) groups is 1. The summed E-state index contributed by atoms with van der Waals surface area (Å²) in [6.45, 7) is 4.23. The highest BCUT2D eigenvalue weighted by Crippen LogP contribution is 2.30. The van der Waals surface area contributed by atoms with Crippen molar-refractivity contribution in [3.8, 4) is 16.8 Å². The molecule has 0 N–H and O–H groups in total. The maximum absolute atomic E-state index is 11.9. The molecular formula is C13H15N5O2S2. The Bertz CT molecular complexity index is 704. The minimum Gasteiger partial charge on any atom is -0.410 e. The molecule has 116 valence electrons. The van der Waals surface area contributed by atoms with E-state index in [-0.39, 0.29) is 11.7 Å². The Morgan fingerprint density at radius 3 is 2.86 bits per heavy atom. The zero-order valence-electron chi connectivity index (χ0n) is 12.5. The smallest absolute Gasteiger partial charge is 0.277 e. The number of amides is 1. The summed E-state index contributed by atoms with van der Waals surface area (Å²) in [5, 5.41) is 17.7. The number of aromatic nitrogens is 3. The first-order valence-corrected chi connectivity index (χ1v) is 8.33. The fourth-order valence-corrected chi connectivity index (χ4v) is 3.21. The first-order chi connectivity index (χ1) is 10.5. The summed E-state index contributed by atoms with van der Waals surface area (Å²) < 4.78 is 5.56. The van der Waals surface area contributed by atoms with E-state index in [1.807, 2.05) is 19.9 Å². The molecule has 1 amide bonds. The van der Waals surface area contributed by atoms with Gasteiger partial charge in [0.05, 0.1) is 28.9 Å². The largest absolute Gasteiger partial charge is 0.410 e. The summed E-state index contributed by atoms with van der Waals surface area (Å²) in [6, 6.07) is 2.01. The van der Waals surface area contributed by atoms with Gasteiger partial charge in [-0.1, -0.05) is 11.8 Å². The predicted octanol–water partition coefficient (Wildman–Crippen LogP) is 2.27. The van der Waals surface area contributed by atoms with Gasteiger partial charge in [0.1, 0.15) is 4.88 Å². The number of thiazole rings is 1. The van der Waals surface area contributed by atoms with Crippen LogP contribution < -0.4 is 0 Å². The number of hydrogen-bond donors (Lipinski definition) is 0. The number of carbonyl (C=O) groups is 1. The number of carbonyl (C=O) groups excluding carboxylic acids is 1. The molecule has 0 spiro atoms. The van der Waals surface area contributed by atoms with Crippen LogP contribution in [0.5, 0.6) is 0 Å². The minimum absolute atomic E-state index is 0.0789. The third kappa shape index (κ3) is 4.05. The van der Waals surface area contributed by atoms with Crippen molar-refractivity contribution in [2.45, 2.75) is 25.5 Å². The van der Waals surface area contributed by atoms with Crippen LogP contribution in [0.25, 0.3) is 10.8 Å². The Morgan fingerprint density at radius 2 is 2.23 bits per heavy atom. The lowest BCUT2D eigenvalue weighted by Crippen LogP contribution is -2.29. The predicted molar refractivity (Wildman–Crippen MR) is 83.5 cm³/mol. The van der Waals surface area contributed by atoms with E-state index in [0.717, 1.165) is 15.6 Å². The second-order valence-electron chi connectivity index (χ2n) is 4.53. The van der Waals surface area contributed by atoms with Crippen LogP contribution in [0.4, 0.5) is 0 Å². The van der Waals surface area contributed by atoms with Gasteiger partial charge in [-0.3, -0.25) is 4.79 Å². The average molecular weight is 337 g/mol. The van der Waals surface area contributed by atoms with Crippen molar-refractivity contribution in [2.24, 2.45) is 0 Å². The Labute approximate surface area is 136 Å².